The van der Waals surface area contributed by atoms with Crippen LogP contribution in [0.1, 0.15) is 12.5 Å². The predicted octanol–water partition coefficient (Wildman–Crippen LogP) is 3.58. The molecule has 0 heterocycles. The molecule has 0 saturated heterocycles. The van der Waals surface area contributed by atoms with E-state index in [0.717, 1.165) is 0 Å². The van der Waals surface area contributed by atoms with Crippen molar-refractivity contribution < 1.29 is 8.78 Å². The second kappa shape index (κ2) is 5.80. The summed E-state index contributed by atoms with van der Waals surface area (Å²) in [4.78, 5) is 1.60. The minimum Gasteiger partial charge on any atom is -0.337 e. The molecule has 0 aliphatic rings. The molecule has 0 aliphatic carbocycles. The number of hydrogen-bond acceptors (Lipinski definition) is 2. The summed E-state index contributed by atoms with van der Waals surface area (Å²) in [6, 6.07) is 11.1. The van der Waals surface area contributed by atoms with Gasteiger partial charge in [0.1, 0.15) is 11.6 Å². The van der Waals surface area contributed by atoms with Crippen LogP contribution < -0.4 is 10.6 Å². The summed E-state index contributed by atoms with van der Waals surface area (Å²) in [5.74, 6) is -0.764. The quantitative estimate of drug-likeness (QED) is 0.912. The maximum Gasteiger partial charge on any atom is 0.147 e. The number of halogens is 2. The molecule has 0 spiro atoms. The summed E-state index contributed by atoms with van der Waals surface area (Å²) in [6.07, 6.45) is 0. The molecule has 0 unspecified atom stereocenters. The molecule has 2 rings (SSSR count). The zero-order valence-corrected chi connectivity index (χ0v) is 10.7. The molecule has 0 amide bonds. The number of para-hydroxylation sites is 1. The molecular weight excluding hydrogens is 246 g/mol. The first-order chi connectivity index (χ1) is 9.17. The van der Waals surface area contributed by atoms with Crippen molar-refractivity contribution in [1.82, 2.24) is 0 Å². The maximum absolute atomic E-state index is 14.1. The molecule has 0 saturated carbocycles. The summed E-state index contributed by atoms with van der Waals surface area (Å²) in [7, 11) is 0. The third-order valence-electron chi connectivity index (χ3n) is 3.00. The highest BCUT2D eigenvalue weighted by molar-refractivity contribution is 5.64. The molecule has 19 heavy (non-hydrogen) atoms. The van der Waals surface area contributed by atoms with E-state index in [0.29, 0.717) is 23.5 Å². The lowest BCUT2D eigenvalue weighted by Crippen LogP contribution is -2.18. The molecule has 4 heteroatoms. The Hall–Kier alpha value is -1.94. The fourth-order valence-corrected chi connectivity index (χ4v) is 2.04. The Bertz CT molecular complexity index is 570. The fourth-order valence-electron chi connectivity index (χ4n) is 2.04. The molecule has 0 fully saturated rings. The second-order valence-corrected chi connectivity index (χ2v) is 4.19. The average Bonchev–Trinajstić information content (AvgIpc) is 2.43. The standard InChI is InChI=1S/C15H16F2N2/c1-2-19(14-6-4-3-5-12(14)16)15-8-7-11(10-18)9-13(15)17/h3-9H,2,10,18H2,1H3. The molecule has 0 aromatic heterocycles. The molecule has 2 aromatic carbocycles. The monoisotopic (exact) mass is 262 g/mol. The first-order valence-corrected chi connectivity index (χ1v) is 6.18. The van der Waals surface area contributed by atoms with Gasteiger partial charge in [-0.3, -0.25) is 0 Å². The fraction of sp³-hybridized carbons (Fsp3) is 0.200. The van der Waals surface area contributed by atoms with Crippen molar-refractivity contribution in [1.29, 1.82) is 0 Å². The first-order valence-electron chi connectivity index (χ1n) is 6.18. The Morgan fingerprint density at radius 3 is 2.26 bits per heavy atom. The van der Waals surface area contributed by atoms with Gasteiger partial charge in [0, 0.05) is 13.1 Å². The van der Waals surface area contributed by atoms with Gasteiger partial charge in [-0.15, -0.1) is 0 Å². The van der Waals surface area contributed by atoms with Crippen LogP contribution in [0.4, 0.5) is 20.2 Å². The van der Waals surface area contributed by atoms with E-state index < -0.39 is 5.82 Å². The highest BCUT2D eigenvalue weighted by atomic mass is 19.1. The number of nitrogens with two attached hydrogens (primary N) is 1. The van der Waals surface area contributed by atoms with Crippen molar-refractivity contribution in [3.05, 3.63) is 59.7 Å². The summed E-state index contributed by atoms with van der Waals surface area (Å²) in [6.45, 7) is 2.60. The van der Waals surface area contributed by atoms with Crippen LogP contribution in [0.15, 0.2) is 42.5 Å². The predicted molar refractivity (Wildman–Crippen MR) is 73.4 cm³/mol. The summed E-state index contributed by atoms with van der Waals surface area (Å²) < 4.78 is 27.9. The molecule has 0 bridgehead atoms. The summed E-state index contributed by atoms with van der Waals surface area (Å²) in [5, 5.41) is 0. The van der Waals surface area contributed by atoms with E-state index in [2.05, 4.69) is 0 Å². The molecule has 0 aliphatic heterocycles. The van der Waals surface area contributed by atoms with Crippen LogP contribution in [-0.2, 0) is 6.54 Å². The van der Waals surface area contributed by atoms with Gasteiger partial charge in [0.2, 0.25) is 0 Å². The SMILES string of the molecule is CCN(c1ccccc1F)c1ccc(CN)cc1F. The van der Waals surface area contributed by atoms with Crippen molar-refractivity contribution >= 4 is 11.4 Å². The van der Waals surface area contributed by atoms with Gasteiger partial charge >= 0.3 is 0 Å². The molecule has 0 radical (unpaired) electrons. The average molecular weight is 262 g/mol. The molecule has 2 nitrogen and oxygen atoms in total. The van der Waals surface area contributed by atoms with Gasteiger partial charge in [-0.25, -0.2) is 8.78 Å². The van der Waals surface area contributed by atoms with Gasteiger partial charge in [-0.05, 0) is 36.8 Å². The zero-order valence-electron chi connectivity index (χ0n) is 10.7. The highest BCUT2D eigenvalue weighted by Crippen LogP contribution is 2.29. The molecular formula is C15H16F2N2. The minimum absolute atomic E-state index is 0.281. The Morgan fingerprint density at radius 2 is 1.68 bits per heavy atom. The number of anilines is 2. The lowest BCUT2D eigenvalue weighted by molar-refractivity contribution is 0.612. The van der Waals surface area contributed by atoms with Crippen LogP contribution in [0, 0.1) is 11.6 Å². The van der Waals surface area contributed by atoms with E-state index in [1.165, 1.54) is 12.1 Å². The van der Waals surface area contributed by atoms with Crippen molar-refractivity contribution in [3.8, 4) is 0 Å². The lowest BCUT2D eigenvalue weighted by atomic mass is 10.1. The molecule has 100 valence electrons. The Labute approximate surface area is 111 Å². The topological polar surface area (TPSA) is 29.3 Å². The van der Waals surface area contributed by atoms with Crippen molar-refractivity contribution in [3.63, 3.8) is 0 Å². The Kier molecular flexibility index (Phi) is 4.12. The largest absolute Gasteiger partial charge is 0.337 e. The van der Waals surface area contributed by atoms with Crippen molar-refractivity contribution in [2.75, 3.05) is 11.4 Å². The van der Waals surface area contributed by atoms with E-state index in [9.17, 15) is 8.78 Å². The van der Waals surface area contributed by atoms with Gasteiger partial charge in [-0.2, -0.15) is 0 Å². The van der Waals surface area contributed by atoms with E-state index in [1.807, 2.05) is 6.92 Å². The van der Waals surface area contributed by atoms with E-state index in [-0.39, 0.29) is 12.4 Å². The van der Waals surface area contributed by atoms with Gasteiger partial charge in [0.05, 0.1) is 11.4 Å². The smallest absolute Gasteiger partial charge is 0.147 e. The maximum atomic E-state index is 14.1. The normalized spacial score (nSPS) is 10.5. The second-order valence-electron chi connectivity index (χ2n) is 4.19. The zero-order chi connectivity index (χ0) is 13.8. The van der Waals surface area contributed by atoms with Crippen LogP contribution in [-0.4, -0.2) is 6.54 Å². The summed E-state index contributed by atoms with van der Waals surface area (Å²) in [5.41, 5.74) is 6.90. The van der Waals surface area contributed by atoms with Crippen LogP contribution >= 0.6 is 0 Å². The van der Waals surface area contributed by atoms with Crippen LogP contribution in [0.2, 0.25) is 0 Å². The Balaban J connectivity index is 2.46. The number of nitrogens with zero attached hydrogens (tertiary/aromatic N) is 1. The van der Waals surface area contributed by atoms with Gasteiger partial charge < -0.3 is 10.6 Å². The number of rotatable bonds is 4. The van der Waals surface area contributed by atoms with E-state index in [4.69, 9.17) is 5.73 Å². The molecule has 2 aromatic rings. The van der Waals surface area contributed by atoms with E-state index in [1.54, 1.807) is 35.2 Å². The Morgan fingerprint density at radius 1 is 1.00 bits per heavy atom. The highest BCUT2D eigenvalue weighted by Gasteiger charge is 2.15. The van der Waals surface area contributed by atoms with Crippen LogP contribution in [0.25, 0.3) is 0 Å². The lowest BCUT2D eigenvalue weighted by Gasteiger charge is -2.24. The number of benzene rings is 2. The van der Waals surface area contributed by atoms with Gasteiger partial charge in [0.25, 0.3) is 0 Å². The molecule has 2 N–H and O–H groups in total. The van der Waals surface area contributed by atoms with E-state index >= 15 is 0 Å². The minimum atomic E-state index is -0.395. The van der Waals surface area contributed by atoms with Crippen molar-refractivity contribution in [2.24, 2.45) is 5.73 Å². The third-order valence-corrected chi connectivity index (χ3v) is 3.00. The summed E-state index contributed by atoms with van der Waals surface area (Å²) >= 11 is 0. The third kappa shape index (κ3) is 2.74. The van der Waals surface area contributed by atoms with Crippen LogP contribution in [0.5, 0.6) is 0 Å². The van der Waals surface area contributed by atoms with Crippen molar-refractivity contribution in [2.45, 2.75) is 13.5 Å². The van der Waals surface area contributed by atoms with Crippen LogP contribution in [0.3, 0.4) is 0 Å². The van der Waals surface area contributed by atoms with Gasteiger partial charge in [0.15, 0.2) is 0 Å². The molecule has 0 atom stereocenters. The van der Waals surface area contributed by atoms with Gasteiger partial charge in [-0.1, -0.05) is 18.2 Å². The number of hydrogen-bond donors (Lipinski definition) is 1. The first kappa shape index (κ1) is 13.5.